The number of thiophene rings is 1. The smallest absolute Gasteiger partial charge is 0.350 e. The number of hydrogen-bond acceptors (Lipinski definition) is 6. The number of likely N-dealkylation sites (tertiary alicyclic amines) is 1. The Balaban J connectivity index is 2.16. The molecule has 2 amide bonds. The van der Waals surface area contributed by atoms with Crippen LogP contribution in [0.25, 0.3) is 0 Å². The normalized spacial score (nSPS) is 19.2. The number of rotatable bonds is 3. The average molecular weight is 268 g/mol. The highest BCUT2D eigenvalue weighted by atomic mass is 32.1. The number of methoxy groups -OCH3 is 1. The van der Waals surface area contributed by atoms with Gasteiger partial charge in [-0.15, -0.1) is 11.3 Å². The topological polar surface area (TPSA) is 75.7 Å². The van der Waals surface area contributed by atoms with Crippen molar-refractivity contribution in [3.63, 3.8) is 0 Å². The number of nitrogens with zero attached hydrogens (tertiary/aromatic N) is 1. The van der Waals surface area contributed by atoms with Crippen molar-refractivity contribution in [1.29, 1.82) is 0 Å². The Bertz CT molecular complexity index is 511. The van der Waals surface area contributed by atoms with E-state index in [1.165, 1.54) is 25.5 Å². The first kappa shape index (κ1) is 12.6. The third kappa shape index (κ3) is 2.08. The van der Waals surface area contributed by atoms with Crippen LogP contribution in [0, 0.1) is 0 Å². The number of ether oxygens (including phenoxy) is 1. The van der Waals surface area contributed by atoms with Crippen LogP contribution < -0.4 is 5.32 Å². The van der Waals surface area contributed by atoms with Crippen molar-refractivity contribution in [3.05, 3.63) is 16.3 Å². The second-order valence-corrected chi connectivity index (χ2v) is 4.76. The minimum absolute atomic E-state index is 0.103. The highest BCUT2D eigenvalue weighted by molar-refractivity contribution is 7.12. The molecule has 18 heavy (non-hydrogen) atoms. The molecule has 2 rings (SSSR count). The lowest BCUT2D eigenvalue weighted by atomic mass is 10.2. The zero-order valence-corrected chi connectivity index (χ0v) is 10.7. The van der Waals surface area contributed by atoms with Crippen LogP contribution in [-0.2, 0) is 14.3 Å². The molecule has 6 nitrogen and oxygen atoms in total. The first-order valence-corrected chi connectivity index (χ1v) is 6.15. The van der Waals surface area contributed by atoms with Gasteiger partial charge >= 0.3 is 5.97 Å². The summed E-state index contributed by atoms with van der Waals surface area (Å²) in [6, 6.07) is 1.08. The molecule has 2 heterocycles. The molecule has 1 aliphatic rings. The van der Waals surface area contributed by atoms with E-state index >= 15 is 0 Å². The van der Waals surface area contributed by atoms with Crippen LogP contribution in [-0.4, -0.2) is 42.9 Å². The van der Waals surface area contributed by atoms with Gasteiger partial charge in [0.25, 0.3) is 5.91 Å². The molecular weight excluding hydrogens is 256 g/mol. The lowest BCUT2D eigenvalue weighted by Gasteiger charge is -2.12. The summed E-state index contributed by atoms with van der Waals surface area (Å²) >= 11 is 1.22. The third-order valence-electron chi connectivity index (χ3n) is 2.75. The molecule has 0 bridgehead atoms. The van der Waals surface area contributed by atoms with Crippen LogP contribution in [0.15, 0.2) is 11.4 Å². The zero-order valence-electron chi connectivity index (χ0n) is 9.93. The number of likely N-dealkylation sites (N-methyl/N-ethyl adjacent to an activating group) is 1. The minimum Gasteiger partial charge on any atom is -0.465 e. The fraction of sp³-hybridized carbons (Fsp3) is 0.364. The largest absolute Gasteiger partial charge is 0.465 e. The molecule has 1 aliphatic heterocycles. The van der Waals surface area contributed by atoms with Crippen molar-refractivity contribution in [1.82, 2.24) is 4.90 Å². The van der Waals surface area contributed by atoms with E-state index in [0.29, 0.717) is 10.6 Å². The van der Waals surface area contributed by atoms with E-state index in [2.05, 4.69) is 10.1 Å². The summed E-state index contributed by atoms with van der Waals surface area (Å²) in [7, 11) is 2.74. The molecular formula is C11H12N2O4S. The Morgan fingerprint density at radius 2 is 2.28 bits per heavy atom. The summed E-state index contributed by atoms with van der Waals surface area (Å²) in [5, 5.41) is 4.63. The first-order chi connectivity index (χ1) is 8.54. The maximum absolute atomic E-state index is 11.7. The van der Waals surface area contributed by atoms with E-state index in [9.17, 15) is 14.4 Å². The zero-order chi connectivity index (χ0) is 13.3. The van der Waals surface area contributed by atoms with Gasteiger partial charge in [-0.25, -0.2) is 4.79 Å². The van der Waals surface area contributed by atoms with Gasteiger partial charge in [-0.05, 0) is 11.4 Å². The molecule has 0 aliphatic carbocycles. The number of carbonyl (C=O) groups excluding carboxylic acids is 3. The average Bonchev–Trinajstić information content (AvgIpc) is 2.91. The molecule has 1 unspecified atom stereocenters. The van der Waals surface area contributed by atoms with E-state index in [0.717, 1.165) is 4.90 Å². The molecule has 96 valence electrons. The van der Waals surface area contributed by atoms with Gasteiger partial charge < -0.3 is 10.1 Å². The van der Waals surface area contributed by atoms with Gasteiger partial charge in [0.05, 0.1) is 19.2 Å². The molecule has 1 N–H and O–H groups in total. The van der Waals surface area contributed by atoms with Crippen molar-refractivity contribution in [2.75, 3.05) is 19.5 Å². The Morgan fingerprint density at radius 3 is 2.83 bits per heavy atom. The standard InChI is InChI=1S/C11H12N2O4S/c1-13-8(14)5-7(10(13)15)12-6-3-4-18-9(6)11(16)17-2/h3-4,7,12H,5H2,1-2H3. The molecule has 1 atom stereocenters. The van der Waals surface area contributed by atoms with Crippen LogP contribution in [0.4, 0.5) is 5.69 Å². The van der Waals surface area contributed by atoms with Crippen LogP contribution in [0.1, 0.15) is 16.1 Å². The van der Waals surface area contributed by atoms with Gasteiger partial charge in [0, 0.05) is 7.05 Å². The lowest BCUT2D eigenvalue weighted by molar-refractivity contribution is -0.136. The fourth-order valence-electron chi connectivity index (χ4n) is 1.73. The van der Waals surface area contributed by atoms with Crippen LogP contribution in [0.2, 0.25) is 0 Å². The lowest BCUT2D eigenvalue weighted by Crippen LogP contribution is -2.32. The highest BCUT2D eigenvalue weighted by Crippen LogP contribution is 2.26. The Hall–Kier alpha value is -1.89. The molecule has 7 heteroatoms. The van der Waals surface area contributed by atoms with Crippen molar-refractivity contribution in [3.8, 4) is 0 Å². The van der Waals surface area contributed by atoms with Crippen LogP contribution in [0.3, 0.4) is 0 Å². The molecule has 0 saturated carbocycles. The van der Waals surface area contributed by atoms with E-state index in [1.54, 1.807) is 11.4 Å². The van der Waals surface area contributed by atoms with Crippen molar-refractivity contribution < 1.29 is 19.1 Å². The maximum Gasteiger partial charge on any atom is 0.350 e. The summed E-state index contributed by atoms with van der Waals surface area (Å²) in [6.45, 7) is 0. The third-order valence-corrected chi connectivity index (χ3v) is 3.64. The van der Waals surface area contributed by atoms with Crippen LogP contribution in [0.5, 0.6) is 0 Å². The number of imide groups is 1. The number of esters is 1. The molecule has 0 radical (unpaired) electrons. The van der Waals surface area contributed by atoms with Crippen molar-refractivity contribution in [2.45, 2.75) is 12.5 Å². The Kier molecular flexibility index (Phi) is 3.33. The second-order valence-electron chi connectivity index (χ2n) is 3.85. The monoisotopic (exact) mass is 268 g/mol. The molecule has 1 aromatic heterocycles. The van der Waals surface area contributed by atoms with Crippen molar-refractivity contribution >= 4 is 34.8 Å². The van der Waals surface area contributed by atoms with Gasteiger partial charge in [0.2, 0.25) is 5.91 Å². The number of anilines is 1. The molecule has 0 aromatic carbocycles. The summed E-state index contributed by atoms with van der Waals surface area (Å²) in [6.07, 6.45) is 0.103. The van der Waals surface area contributed by atoms with Gasteiger partial charge in [-0.1, -0.05) is 0 Å². The quantitative estimate of drug-likeness (QED) is 0.645. The summed E-state index contributed by atoms with van der Waals surface area (Å²) < 4.78 is 4.64. The predicted octanol–water partition coefficient (Wildman–Crippen LogP) is 0.704. The molecule has 1 saturated heterocycles. The molecule has 0 spiro atoms. The molecule has 1 aromatic rings. The van der Waals surface area contributed by atoms with E-state index < -0.39 is 12.0 Å². The molecule has 1 fully saturated rings. The second kappa shape index (κ2) is 4.77. The van der Waals surface area contributed by atoms with Gasteiger partial charge in [-0.3, -0.25) is 14.5 Å². The fourth-order valence-corrected chi connectivity index (χ4v) is 2.50. The number of carbonyl (C=O) groups is 3. The van der Waals surface area contributed by atoms with E-state index in [4.69, 9.17) is 0 Å². The van der Waals surface area contributed by atoms with E-state index in [-0.39, 0.29) is 18.2 Å². The first-order valence-electron chi connectivity index (χ1n) is 5.27. The number of hydrogen-bond donors (Lipinski definition) is 1. The predicted molar refractivity (Wildman–Crippen MR) is 65.5 cm³/mol. The van der Waals surface area contributed by atoms with Crippen molar-refractivity contribution in [2.24, 2.45) is 0 Å². The number of nitrogens with one attached hydrogen (secondary N) is 1. The van der Waals surface area contributed by atoms with E-state index in [1.807, 2.05) is 0 Å². The minimum atomic E-state index is -0.611. The van der Waals surface area contributed by atoms with Gasteiger partial charge in [-0.2, -0.15) is 0 Å². The highest BCUT2D eigenvalue weighted by Gasteiger charge is 2.36. The number of amides is 2. The van der Waals surface area contributed by atoms with Gasteiger partial charge in [0.1, 0.15) is 10.9 Å². The van der Waals surface area contributed by atoms with Gasteiger partial charge in [0.15, 0.2) is 0 Å². The Labute approximate surface area is 108 Å². The summed E-state index contributed by atoms with van der Waals surface area (Å²) in [5.74, 6) is -0.980. The maximum atomic E-state index is 11.7. The summed E-state index contributed by atoms with van der Waals surface area (Å²) in [5.41, 5.74) is 0.522. The van der Waals surface area contributed by atoms with Crippen LogP contribution >= 0.6 is 11.3 Å². The summed E-state index contributed by atoms with van der Waals surface area (Å²) in [4.78, 5) is 36.0. The Morgan fingerprint density at radius 1 is 1.56 bits per heavy atom. The SMILES string of the molecule is COC(=O)c1sccc1NC1CC(=O)N(C)C1=O.